The molecule has 7 heteroatoms. The number of carbonyl (C=O) groups is 2. The lowest BCUT2D eigenvalue weighted by molar-refractivity contribution is -0.124. The minimum absolute atomic E-state index is 0.0756. The Balaban J connectivity index is 2.25. The van der Waals surface area contributed by atoms with Crippen molar-refractivity contribution in [1.29, 1.82) is 0 Å². The average molecular weight is 405 g/mol. The number of halogens is 1. The van der Waals surface area contributed by atoms with Crippen molar-refractivity contribution in [2.24, 2.45) is 4.99 Å². The standard InChI is InChI=1S/C21H29ClN4O2/c1-5-6-9-26(4)13-15-11-18(16-10-14(2)7-8-17(16)22)25-20(15)21(28)24-12-19(27)23-3/h7-8,10H,5-6,9,11-13H2,1-4H3,(H,23,27)(H,24,28). The van der Waals surface area contributed by atoms with Crippen LogP contribution < -0.4 is 10.6 Å². The van der Waals surface area contributed by atoms with Gasteiger partial charge in [0, 0.05) is 30.6 Å². The summed E-state index contributed by atoms with van der Waals surface area (Å²) in [5, 5.41) is 5.77. The van der Waals surface area contributed by atoms with Crippen LogP contribution in [-0.2, 0) is 9.59 Å². The molecule has 0 atom stereocenters. The SMILES string of the molecule is CCCCN(C)CC1=C(C(=O)NCC(=O)NC)N=C(c2cc(C)ccc2Cl)C1. The van der Waals surface area contributed by atoms with Crippen LogP contribution in [-0.4, -0.2) is 56.2 Å². The first kappa shape index (κ1) is 22.1. The fraction of sp³-hybridized carbons (Fsp3) is 0.476. The fourth-order valence-electron chi connectivity index (χ4n) is 3.06. The monoisotopic (exact) mass is 404 g/mol. The maximum atomic E-state index is 12.7. The molecular weight excluding hydrogens is 376 g/mol. The molecule has 0 unspecified atom stereocenters. The highest BCUT2D eigenvalue weighted by atomic mass is 35.5. The maximum Gasteiger partial charge on any atom is 0.270 e. The predicted molar refractivity (Wildman–Crippen MR) is 114 cm³/mol. The summed E-state index contributed by atoms with van der Waals surface area (Å²) in [7, 11) is 3.58. The van der Waals surface area contributed by atoms with Gasteiger partial charge in [0.15, 0.2) is 0 Å². The Morgan fingerprint density at radius 1 is 1.32 bits per heavy atom. The minimum Gasteiger partial charge on any atom is -0.358 e. The fourth-order valence-corrected chi connectivity index (χ4v) is 3.29. The lowest BCUT2D eigenvalue weighted by Gasteiger charge is -2.18. The number of hydrogen-bond donors (Lipinski definition) is 2. The maximum absolute atomic E-state index is 12.7. The lowest BCUT2D eigenvalue weighted by Crippen LogP contribution is -2.36. The van der Waals surface area contributed by atoms with Gasteiger partial charge in [-0.2, -0.15) is 0 Å². The highest BCUT2D eigenvalue weighted by molar-refractivity contribution is 6.34. The minimum atomic E-state index is -0.332. The second-order valence-corrected chi connectivity index (χ2v) is 7.53. The molecule has 28 heavy (non-hydrogen) atoms. The van der Waals surface area contributed by atoms with E-state index in [0.29, 0.717) is 23.7 Å². The summed E-state index contributed by atoms with van der Waals surface area (Å²) in [5.74, 6) is -0.583. The molecule has 2 N–H and O–H groups in total. The van der Waals surface area contributed by atoms with Crippen molar-refractivity contribution in [2.75, 3.05) is 33.7 Å². The smallest absolute Gasteiger partial charge is 0.270 e. The van der Waals surface area contributed by atoms with E-state index in [0.717, 1.165) is 41.8 Å². The quantitative estimate of drug-likeness (QED) is 0.664. The zero-order valence-electron chi connectivity index (χ0n) is 17.1. The number of likely N-dealkylation sites (N-methyl/N-ethyl adjacent to an activating group) is 2. The number of benzene rings is 1. The third-order valence-corrected chi connectivity index (χ3v) is 4.98. The van der Waals surface area contributed by atoms with E-state index in [4.69, 9.17) is 11.6 Å². The number of nitrogens with zero attached hydrogens (tertiary/aromatic N) is 2. The van der Waals surface area contributed by atoms with Crippen molar-refractivity contribution in [3.8, 4) is 0 Å². The molecule has 0 saturated heterocycles. The zero-order chi connectivity index (χ0) is 20.7. The summed E-state index contributed by atoms with van der Waals surface area (Å²) in [6.07, 6.45) is 2.78. The van der Waals surface area contributed by atoms with E-state index in [9.17, 15) is 9.59 Å². The van der Waals surface area contributed by atoms with E-state index < -0.39 is 0 Å². The molecule has 1 aliphatic heterocycles. The lowest BCUT2D eigenvalue weighted by atomic mass is 10.0. The number of nitrogens with one attached hydrogen (secondary N) is 2. The molecular formula is C21H29ClN4O2. The van der Waals surface area contributed by atoms with Crippen LogP contribution in [0, 0.1) is 6.92 Å². The Kier molecular flexibility index (Phi) is 8.20. The van der Waals surface area contributed by atoms with Crippen molar-refractivity contribution >= 4 is 29.1 Å². The van der Waals surface area contributed by atoms with Crippen LogP contribution in [0.5, 0.6) is 0 Å². The highest BCUT2D eigenvalue weighted by Crippen LogP contribution is 2.28. The van der Waals surface area contributed by atoms with E-state index in [1.165, 1.54) is 7.05 Å². The number of carbonyl (C=O) groups excluding carboxylic acids is 2. The number of aryl methyl sites for hydroxylation is 1. The average Bonchev–Trinajstić information content (AvgIpc) is 3.09. The van der Waals surface area contributed by atoms with Crippen molar-refractivity contribution in [3.05, 3.63) is 45.6 Å². The van der Waals surface area contributed by atoms with Gasteiger partial charge in [-0.25, -0.2) is 4.99 Å². The van der Waals surface area contributed by atoms with Crippen LogP contribution >= 0.6 is 11.6 Å². The molecule has 1 aliphatic rings. The number of aliphatic imine (C=N–C) groups is 1. The zero-order valence-corrected chi connectivity index (χ0v) is 17.8. The Hall–Kier alpha value is -2.18. The molecule has 2 rings (SSSR count). The van der Waals surface area contributed by atoms with Crippen molar-refractivity contribution in [3.63, 3.8) is 0 Å². The number of amides is 2. The third-order valence-electron chi connectivity index (χ3n) is 4.65. The second-order valence-electron chi connectivity index (χ2n) is 7.12. The van der Waals surface area contributed by atoms with E-state index in [-0.39, 0.29) is 18.4 Å². The molecule has 1 aromatic carbocycles. The van der Waals surface area contributed by atoms with E-state index >= 15 is 0 Å². The Labute approximate surface area is 172 Å². The number of unbranched alkanes of at least 4 members (excludes halogenated alkanes) is 1. The van der Waals surface area contributed by atoms with Crippen LogP contribution in [0.15, 0.2) is 34.5 Å². The van der Waals surface area contributed by atoms with Crippen LogP contribution in [0.25, 0.3) is 0 Å². The molecule has 0 saturated carbocycles. The van der Waals surface area contributed by atoms with Gasteiger partial charge in [-0.3, -0.25) is 9.59 Å². The van der Waals surface area contributed by atoms with Gasteiger partial charge in [0.1, 0.15) is 5.70 Å². The van der Waals surface area contributed by atoms with Crippen LogP contribution in [0.2, 0.25) is 5.02 Å². The van der Waals surface area contributed by atoms with Crippen molar-refractivity contribution in [1.82, 2.24) is 15.5 Å². The molecule has 0 aliphatic carbocycles. The van der Waals surface area contributed by atoms with Crippen LogP contribution in [0.1, 0.15) is 37.3 Å². The van der Waals surface area contributed by atoms with E-state index in [1.54, 1.807) is 0 Å². The normalized spacial score (nSPS) is 13.7. The Morgan fingerprint density at radius 2 is 2.07 bits per heavy atom. The summed E-state index contributed by atoms with van der Waals surface area (Å²) < 4.78 is 0. The van der Waals surface area contributed by atoms with Crippen LogP contribution in [0.3, 0.4) is 0 Å². The van der Waals surface area contributed by atoms with Gasteiger partial charge in [-0.15, -0.1) is 0 Å². The summed E-state index contributed by atoms with van der Waals surface area (Å²) in [5.41, 5.74) is 4.06. The van der Waals surface area contributed by atoms with E-state index in [2.05, 4.69) is 27.4 Å². The van der Waals surface area contributed by atoms with Gasteiger partial charge in [0.2, 0.25) is 5.91 Å². The van der Waals surface area contributed by atoms with Gasteiger partial charge in [-0.05, 0) is 44.6 Å². The predicted octanol–water partition coefficient (Wildman–Crippen LogP) is 2.69. The van der Waals surface area contributed by atoms with Gasteiger partial charge in [0.25, 0.3) is 5.91 Å². The van der Waals surface area contributed by atoms with Crippen LogP contribution in [0.4, 0.5) is 0 Å². The second kappa shape index (κ2) is 10.4. The molecule has 152 valence electrons. The third kappa shape index (κ3) is 5.91. The first-order valence-electron chi connectivity index (χ1n) is 9.59. The molecule has 0 fully saturated rings. The topological polar surface area (TPSA) is 73.8 Å². The van der Waals surface area contributed by atoms with Gasteiger partial charge in [-0.1, -0.05) is 36.6 Å². The van der Waals surface area contributed by atoms with Crippen molar-refractivity contribution in [2.45, 2.75) is 33.1 Å². The highest BCUT2D eigenvalue weighted by Gasteiger charge is 2.26. The largest absolute Gasteiger partial charge is 0.358 e. The molecule has 0 radical (unpaired) electrons. The van der Waals surface area contributed by atoms with Gasteiger partial charge < -0.3 is 15.5 Å². The molecule has 2 amide bonds. The number of hydrogen-bond acceptors (Lipinski definition) is 4. The molecule has 1 aromatic rings. The van der Waals surface area contributed by atoms with Crippen molar-refractivity contribution < 1.29 is 9.59 Å². The molecule has 0 spiro atoms. The molecule has 0 bridgehead atoms. The number of rotatable bonds is 9. The summed E-state index contributed by atoms with van der Waals surface area (Å²) >= 11 is 6.38. The Morgan fingerprint density at radius 3 is 2.75 bits per heavy atom. The first-order valence-corrected chi connectivity index (χ1v) is 9.96. The van der Waals surface area contributed by atoms with Gasteiger partial charge >= 0.3 is 0 Å². The Bertz CT molecular complexity index is 802. The van der Waals surface area contributed by atoms with E-state index in [1.807, 2.05) is 32.2 Å². The molecule has 0 aromatic heterocycles. The summed E-state index contributed by atoms with van der Waals surface area (Å²) in [6.45, 7) is 5.68. The summed E-state index contributed by atoms with van der Waals surface area (Å²) in [4.78, 5) is 31.0. The molecule has 6 nitrogen and oxygen atoms in total. The summed E-state index contributed by atoms with van der Waals surface area (Å²) in [6, 6.07) is 5.79. The first-order chi connectivity index (χ1) is 13.3. The molecule has 1 heterocycles. The van der Waals surface area contributed by atoms with Gasteiger partial charge in [0.05, 0.1) is 12.3 Å².